The van der Waals surface area contributed by atoms with Crippen molar-refractivity contribution in [2.24, 2.45) is 5.92 Å². The lowest BCUT2D eigenvalue weighted by molar-refractivity contribution is 0.0946. The lowest BCUT2D eigenvalue weighted by atomic mass is 10.1. The van der Waals surface area contributed by atoms with Crippen molar-refractivity contribution >= 4 is 15.9 Å². The number of aliphatic hydroxyl groups is 1. The Morgan fingerprint density at radius 2 is 2.25 bits per heavy atom. The van der Waals surface area contributed by atoms with E-state index in [-0.39, 0.29) is 24.0 Å². The van der Waals surface area contributed by atoms with Crippen LogP contribution in [0.25, 0.3) is 0 Å². The first kappa shape index (κ1) is 11.7. The van der Waals surface area contributed by atoms with Crippen molar-refractivity contribution in [2.45, 2.75) is 12.5 Å². The van der Waals surface area contributed by atoms with Gasteiger partial charge in [0.05, 0.1) is 24.7 Å². The van der Waals surface area contributed by atoms with Crippen LogP contribution >= 0.6 is 0 Å². The maximum absolute atomic E-state index is 11.3. The minimum atomic E-state index is -2.90. The summed E-state index contributed by atoms with van der Waals surface area (Å²) in [5, 5.41) is 8.85. The lowest BCUT2D eigenvalue weighted by Gasteiger charge is -2.16. The van der Waals surface area contributed by atoms with E-state index >= 15 is 0 Å². The fourth-order valence-corrected chi connectivity index (χ4v) is 4.00. The van der Waals surface area contributed by atoms with E-state index in [4.69, 9.17) is 9.84 Å². The highest BCUT2D eigenvalue weighted by Crippen LogP contribution is 2.22. The molecular weight excluding hydrogens is 234 g/mol. The maximum atomic E-state index is 11.3. The SMILES string of the molecule is O=C1O[C@@H](CO)CN1CC1CCS(=O)(=O)C1. The predicted molar refractivity (Wildman–Crippen MR) is 55.7 cm³/mol. The Labute approximate surface area is 94.1 Å². The number of aliphatic hydroxyl groups excluding tert-OH is 1. The molecule has 0 spiro atoms. The molecule has 0 aliphatic carbocycles. The molecule has 1 N–H and O–H groups in total. The number of cyclic esters (lactones) is 1. The molecule has 7 heteroatoms. The van der Waals surface area contributed by atoms with Crippen molar-refractivity contribution in [3.63, 3.8) is 0 Å². The highest BCUT2D eigenvalue weighted by Gasteiger charge is 2.35. The van der Waals surface area contributed by atoms with Crippen molar-refractivity contribution < 1.29 is 23.1 Å². The topological polar surface area (TPSA) is 83.9 Å². The summed E-state index contributed by atoms with van der Waals surface area (Å²) < 4.78 is 27.4. The summed E-state index contributed by atoms with van der Waals surface area (Å²) in [6.07, 6.45) is -0.315. The molecule has 1 amide bonds. The molecule has 0 bridgehead atoms. The quantitative estimate of drug-likeness (QED) is 0.710. The predicted octanol–water partition coefficient (Wildman–Crippen LogP) is -0.766. The zero-order valence-corrected chi connectivity index (χ0v) is 9.65. The first-order chi connectivity index (χ1) is 7.50. The Hall–Kier alpha value is -0.820. The van der Waals surface area contributed by atoms with Gasteiger partial charge in [-0.25, -0.2) is 13.2 Å². The third-order valence-electron chi connectivity index (χ3n) is 2.96. The normalized spacial score (nSPS) is 33.1. The van der Waals surface area contributed by atoms with Crippen molar-refractivity contribution in [1.29, 1.82) is 0 Å². The number of ether oxygens (including phenoxy) is 1. The summed E-state index contributed by atoms with van der Waals surface area (Å²) in [5.74, 6) is 0.375. The summed E-state index contributed by atoms with van der Waals surface area (Å²) >= 11 is 0. The molecule has 0 aromatic rings. The Kier molecular flexibility index (Phi) is 3.07. The van der Waals surface area contributed by atoms with Gasteiger partial charge in [0.2, 0.25) is 0 Å². The molecule has 0 radical (unpaired) electrons. The first-order valence-corrected chi connectivity index (χ1v) is 7.09. The van der Waals surface area contributed by atoms with Gasteiger partial charge in [-0.15, -0.1) is 0 Å². The van der Waals surface area contributed by atoms with E-state index in [0.29, 0.717) is 19.5 Å². The standard InChI is InChI=1S/C9H15NO5S/c11-5-8-4-10(9(12)15-8)3-7-1-2-16(13,14)6-7/h7-8,11H,1-6H2/t7?,8-/m1/s1. The lowest BCUT2D eigenvalue weighted by Crippen LogP contribution is -2.31. The van der Waals surface area contributed by atoms with Crippen LogP contribution in [0.1, 0.15) is 6.42 Å². The van der Waals surface area contributed by atoms with Gasteiger partial charge >= 0.3 is 6.09 Å². The van der Waals surface area contributed by atoms with Gasteiger partial charge in [-0.1, -0.05) is 0 Å². The van der Waals surface area contributed by atoms with Gasteiger partial charge in [0.25, 0.3) is 0 Å². The van der Waals surface area contributed by atoms with E-state index < -0.39 is 22.0 Å². The van der Waals surface area contributed by atoms with Crippen LogP contribution in [-0.2, 0) is 14.6 Å². The molecule has 2 aliphatic rings. The van der Waals surface area contributed by atoms with Gasteiger partial charge < -0.3 is 14.7 Å². The second kappa shape index (κ2) is 4.21. The minimum Gasteiger partial charge on any atom is -0.442 e. The van der Waals surface area contributed by atoms with E-state index in [1.165, 1.54) is 4.90 Å². The van der Waals surface area contributed by atoms with Crippen LogP contribution in [-0.4, -0.2) is 61.8 Å². The van der Waals surface area contributed by atoms with E-state index in [1.807, 2.05) is 0 Å². The number of carbonyl (C=O) groups is 1. The summed E-state index contributed by atoms with van der Waals surface area (Å²) in [6, 6.07) is 0. The van der Waals surface area contributed by atoms with Crippen molar-refractivity contribution in [3.8, 4) is 0 Å². The van der Waals surface area contributed by atoms with Crippen molar-refractivity contribution in [2.75, 3.05) is 31.2 Å². The molecule has 2 rings (SSSR count). The molecule has 2 heterocycles. The number of sulfone groups is 1. The molecule has 2 aliphatic heterocycles. The van der Waals surface area contributed by atoms with Crippen LogP contribution in [0.4, 0.5) is 4.79 Å². The number of nitrogens with zero attached hydrogens (tertiary/aromatic N) is 1. The van der Waals surface area contributed by atoms with Crippen molar-refractivity contribution in [1.82, 2.24) is 4.90 Å². The number of rotatable bonds is 3. The molecule has 0 aromatic heterocycles. The van der Waals surface area contributed by atoms with Gasteiger partial charge in [-0.3, -0.25) is 0 Å². The maximum Gasteiger partial charge on any atom is 0.410 e. The monoisotopic (exact) mass is 249 g/mol. The van der Waals surface area contributed by atoms with Crippen LogP contribution in [0.2, 0.25) is 0 Å². The summed E-state index contributed by atoms with van der Waals surface area (Å²) in [7, 11) is -2.90. The van der Waals surface area contributed by atoms with Gasteiger partial charge in [0.15, 0.2) is 9.84 Å². The molecular formula is C9H15NO5S. The molecule has 2 fully saturated rings. The van der Waals surface area contributed by atoms with Gasteiger partial charge in [-0.2, -0.15) is 0 Å². The molecule has 2 atom stereocenters. The Balaban J connectivity index is 1.89. The number of hydrogen-bond acceptors (Lipinski definition) is 5. The molecule has 92 valence electrons. The van der Waals surface area contributed by atoms with E-state index in [9.17, 15) is 13.2 Å². The van der Waals surface area contributed by atoms with Crippen LogP contribution < -0.4 is 0 Å². The average molecular weight is 249 g/mol. The minimum absolute atomic E-state index is 0.00925. The summed E-state index contributed by atoms with van der Waals surface area (Å²) in [5.41, 5.74) is 0. The zero-order chi connectivity index (χ0) is 11.8. The van der Waals surface area contributed by atoms with Gasteiger partial charge in [0.1, 0.15) is 6.10 Å². The Bertz CT molecular complexity index is 379. The highest BCUT2D eigenvalue weighted by atomic mass is 32.2. The third kappa shape index (κ3) is 2.46. The zero-order valence-electron chi connectivity index (χ0n) is 8.83. The largest absolute Gasteiger partial charge is 0.442 e. The number of amides is 1. The van der Waals surface area contributed by atoms with Gasteiger partial charge in [0, 0.05) is 6.54 Å². The molecule has 2 saturated heterocycles. The Morgan fingerprint density at radius 1 is 1.50 bits per heavy atom. The highest BCUT2D eigenvalue weighted by molar-refractivity contribution is 7.91. The molecule has 0 saturated carbocycles. The fraction of sp³-hybridized carbons (Fsp3) is 0.889. The number of carbonyl (C=O) groups excluding carboxylic acids is 1. The van der Waals surface area contributed by atoms with Crippen LogP contribution in [0, 0.1) is 5.92 Å². The molecule has 1 unspecified atom stereocenters. The first-order valence-electron chi connectivity index (χ1n) is 5.27. The molecule has 0 aromatic carbocycles. The van der Waals surface area contributed by atoms with Crippen molar-refractivity contribution in [3.05, 3.63) is 0 Å². The number of hydrogen-bond donors (Lipinski definition) is 1. The van der Waals surface area contributed by atoms with Crippen LogP contribution in [0.15, 0.2) is 0 Å². The fourth-order valence-electron chi connectivity index (χ4n) is 2.15. The second-order valence-electron chi connectivity index (χ2n) is 4.36. The van der Waals surface area contributed by atoms with Gasteiger partial charge in [-0.05, 0) is 12.3 Å². The van der Waals surface area contributed by atoms with E-state index in [0.717, 1.165) is 0 Å². The Morgan fingerprint density at radius 3 is 2.75 bits per heavy atom. The smallest absolute Gasteiger partial charge is 0.410 e. The second-order valence-corrected chi connectivity index (χ2v) is 6.59. The molecule has 6 nitrogen and oxygen atoms in total. The third-order valence-corrected chi connectivity index (χ3v) is 4.80. The summed E-state index contributed by atoms with van der Waals surface area (Å²) in [6.45, 7) is 0.575. The van der Waals surface area contributed by atoms with E-state index in [1.54, 1.807) is 0 Å². The average Bonchev–Trinajstić information content (AvgIpc) is 2.71. The van der Waals surface area contributed by atoms with E-state index in [2.05, 4.69) is 0 Å². The van der Waals surface area contributed by atoms with Crippen LogP contribution in [0.5, 0.6) is 0 Å². The summed E-state index contributed by atoms with van der Waals surface area (Å²) in [4.78, 5) is 12.8. The van der Waals surface area contributed by atoms with Crippen LogP contribution in [0.3, 0.4) is 0 Å². The molecule has 16 heavy (non-hydrogen) atoms.